The molecule has 0 radical (unpaired) electrons. The van der Waals surface area contributed by atoms with Gasteiger partial charge in [-0.05, 0) is 76.3 Å². The molecule has 1 heterocycles. The molecule has 0 saturated carbocycles. The highest BCUT2D eigenvalue weighted by Gasteiger charge is 2.34. The standard InChI is InChI=1S/C24H29N/c1-16(2)20-11-19-9-10-25-23(19)21(12-20)15-24(3,4)22-13-17-7-5-6-8-18(17)14-22/h5-12,16,22,25H,13-15H2,1-4H3. The van der Waals surface area contributed by atoms with Crippen LogP contribution in [-0.2, 0) is 19.3 Å². The molecule has 1 aromatic heterocycles. The fourth-order valence-electron chi connectivity index (χ4n) is 4.49. The third-order valence-corrected chi connectivity index (χ3v) is 6.23. The predicted molar refractivity (Wildman–Crippen MR) is 107 cm³/mol. The number of aromatic nitrogens is 1. The molecule has 0 bridgehead atoms. The molecular weight excluding hydrogens is 302 g/mol. The molecule has 0 spiro atoms. The van der Waals surface area contributed by atoms with Gasteiger partial charge in [-0.15, -0.1) is 0 Å². The molecule has 0 unspecified atom stereocenters. The van der Waals surface area contributed by atoms with E-state index in [0.717, 1.165) is 12.3 Å². The number of hydrogen-bond acceptors (Lipinski definition) is 0. The van der Waals surface area contributed by atoms with Crippen LogP contribution in [0.15, 0.2) is 48.7 Å². The SMILES string of the molecule is CC(C)c1cc(CC(C)(C)C2Cc3ccccc3C2)c2[nH]ccc2c1. The van der Waals surface area contributed by atoms with Crippen molar-refractivity contribution >= 4 is 10.9 Å². The lowest BCUT2D eigenvalue weighted by Gasteiger charge is -2.32. The first-order chi connectivity index (χ1) is 11.9. The third-order valence-electron chi connectivity index (χ3n) is 6.23. The van der Waals surface area contributed by atoms with Gasteiger partial charge >= 0.3 is 0 Å². The maximum absolute atomic E-state index is 3.48. The largest absolute Gasteiger partial charge is 0.361 e. The van der Waals surface area contributed by atoms with E-state index in [1.807, 2.05) is 0 Å². The average Bonchev–Trinajstić information content (AvgIpc) is 3.21. The minimum absolute atomic E-state index is 0.284. The van der Waals surface area contributed by atoms with Crippen molar-refractivity contribution in [1.29, 1.82) is 0 Å². The monoisotopic (exact) mass is 331 g/mol. The first kappa shape index (κ1) is 16.4. The Balaban J connectivity index is 1.65. The van der Waals surface area contributed by atoms with E-state index in [-0.39, 0.29) is 5.41 Å². The van der Waals surface area contributed by atoms with Crippen LogP contribution in [0, 0.1) is 11.3 Å². The zero-order valence-corrected chi connectivity index (χ0v) is 15.9. The van der Waals surface area contributed by atoms with Crippen molar-refractivity contribution in [2.45, 2.75) is 52.9 Å². The van der Waals surface area contributed by atoms with Crippen molar-refractivity contribution in [3.05, 3.63) is 70.9 Å². The van der Waals surface area contributed by atoms with E-state index in [2.05, 4.69) is 81.3 Å². The van der Waals surface area contributed by atoms with Gasteiger partial charge in [0.25, 0.3) is 0 Å². The molecule has 0 atom stereocenters. The second-order valence-corrected chi connectivity index (χ2v) is 8.82. The van der Waals surface area contributed by atoms with Crippen LogP contribution >= 0.6 is 0 Å². The number of aromatic amines is 1. The van der Waals surface area contributed by atoms with Crippen molar-refractivity contribution < 1.29 is 0 Å². The van der Waals surface area contributed by atoms with E-state index >= 15 is 0 Å². The minimum Gasteiger partial charge on any atom is -0.361 e. The second kappa shape index (κ2) is 6.05. The Kier molecular flexibility index (Phi) is 3.98. The zero-order chi connectivity index (χ0) is 17.6. The fraction of sp³-hybridized carbons (Fsp3) is 0.417. The molecule has 0 fully saturated rings. The van der Waals surface area contributed by atoms with Crippen molar-refractivity contribution in [1.82, 2.24) is 4.98 Å². The fourth-order valence-corrected chi connectivity index (χ4v) is 4.49. The average molecular weight is 332 g/mol. The molecule has 2 aromatic carbocycles. The van der Waals surface area contributed by atoms with E-state index in [1.54, 1.807) is 11.1 Å². The molecule has 1 N–H and O–H groups in total. The van der Waals surface area contributed by atoms with Gasteiger partial charge in [-0.3, -0.25) is 0 Å². The molecule has 0 aliphatic heterocycles. The summed E-state index contributed by atoms with van der Waals surface area (Å²) in [6, 6.07) is 16.0. The highest BCUT2D eigenvalue weighted by Crippen LogP contribution is 2.42. The lowest BCUT2D eigenvalue weighted by atomic mass is 9.72. The number of fused-ring (bicyclic) bond motifs is 2. The van der Waals surface area contributed by atoms with Crippen molar-refractivity contribution in [2.75, 3.05) is 0 Å². The molecule has 4 rings (SSSR count). The van der Waals surface area contributed by atoms with Crippen LogP contribution in [-0.4, -0.2) is 4.98 Å². The summed E-state index contributed by atoms with van der Waals surface area (Å²) in [6.45, 7) is 9.49. The van der Waals surface area contributed by atoms with Gasteiger partial charge in [0.05, 0.1) is 0 Å². The quantitative estimate of drug-likeness (QED) is 0.579. The van der Waals surface area contributed by atoms with Crippen LogP contribution in [0.25, 0.3) is 10.9 Å². The Hall–Kier alpha value is -2.02. The Morgan fingerprint density at radius 1 is 1.04 bits per heavy atom. The van der Waals surface area contributed by atoms with E-state index in [1.165, 1.54) is 34.9 Å². The van der Waals surface area contributed by atoms with Crippen molar-refractivity contribution in [2.24, 2.45) is 11.3 Å². The Morgan fingerprint density at radius 2 is 1.72 bits per heavy atom. The number of rotatable bonds is 4. The summed E-state index contributed by atoms with van der Waals surface area (Å²) in [7, 11) is 0. The van der Waals surface area contributed by atoms with Crippen molar-refractivity contribution in [3.63, 3.8) is 0 Å². The van der Waals surface area contributed by atoms with Gasteiger partial charge in [0.1, 0.15) is 0 Å². The first-order valence-corrected chi connectivity index (χ1v) is 9.61. The van der Waals surface area contributed by atoms with E-state index in [0.29, 0.717) is 5.92 Å². The second-order valence-electron chi connectivity index (χ2n) is 8.82. The molecule has 130 valence electrons. The summed E-state index contributed by atoms with van der Waals surface area (Å²) in [6.07, 6.45) is 5.65. The normalized spacial score (nSPS) is 15.2. The van der Waals surface area contributed by atoms with Gasteiger partial charge in [-0.1, -0.05) is 58.0 Å². The van der Waals surface area contributed by atoms with Gasteiger partial charge in [0, 0.05) is 11.7 Å². The zero-order valence-electron chi connectivity index (χ0n) is 15.9. The highest BCUT2D eigenvalue weighted by molar-refractivity contribution is 5.83. The summed E-state index contributed by atoms with van der Waals surface area (Å²) in [4.78, 5) is 3.48. The predicted octanol–water partition coefficient (Wildman–Crippen LogP) is 6.28. The molecule has 1 aliphatic carbocycles. The molecule has 1 nitrogen and oxygen atoms in total. The van der Waals surface area contributed by atoms with Crippen LogP contribution in [0.2, 0.25) is 0 Å². The first-order valence-electron chi connectivity index (χ1n) is 9.61. The van der Waals surface area contributed by atoms with E-state index in [4.69, 9.17) is 0 Å². The summed E-state index contributed by atoms with van der Waals surface area (Å²) >= 11 is 0. The topological polar surface area (TPSA) is 15.8 Å². The van der Waals surface area contributed by atoms with Gasteiger partial charge in [-0.25, -0.2) is 0 Å². The van der Waals surface area contributed by atoms with Crippen LogP contribution < -0.4 is 0 Å². The Bertz CT molecular complexity index is 872. The maximum atomic E-state index is 3.48. The Morgan fingerprint density at radius 3 is 2.36 bits per heavy atom. The van der Waals surface area contributed by atoms with E-state index in [9.17, 15) is 0 Å². The summed E-state index contributed by atoms with van der Waals surface area (Å²) in [5, 5.41) is 1.35. The maximum Gasteiger partial charge on any atom is 0.0486 e. The number of nitrogens with one attached hydrogen (secondary N) is 1. The molecule has 0 saturated heterocycles. The molecule has 0 amide bonds. The van der Waals surface area contributed by atoms with Crippen molar-refractivity contribution in [3.8, 4) is 0 Å². The number of H-pyrrole nitrogens is 1. The van der Waals surface area contributed by atoms with Gasteiger partial charge in [0.15, 0.2) is 0 Å². The summed E-state index contributed by atoms with van der Waals surface area (Å²) in [5.74, 6) is 1.29. The summed E-state index contributed by atoms with van der Waals surface area (Å²) in [5.41, 5.74) is 7.66. The van der Waals surface area contributed by atoms with Crippen LogP contribution in [0.5, 0.6) is 0 Å². The van der Waals surface area contributed by atoms with Gasteiger partial charge in [0.2, 0.25) is 0 Å². The lowest BCUT2D eigenvalue weighted by molar-refractivity contribution is 0.219. The van der Waals surface area contributed by atoms with Crippen LogP contribution in [0.1, 0.15) is 55.9 Å². The van der Waals surface area contributed by atoms with E-state index < -0.39 is 0 Å². The molecule has 1 aliphatic rings. The molecule has 1 heteroatoms. The smallest absolute Gasteiger partial charge is 0.0486 e. The van der Waals surface area contributed by atoms with Crippen LogP contribution in [0.4, 0.5) is 0 Å². The van der Waals surface area contributed by atoms with Gasteiger partial charge < -0.3 is 4.98 Å². The third kappa shape index (κ3) is 3.01. The van der Waals surface area contributed by atoms with Gasteiger partial charge in [-0.2, -0.15) is 0 Å². The number of benzene rings is 2. The highest BCUT2D eigenvalue weighted by atomic mass is 14.7. The summed E-state index contributed by atoms with van der Waals surface area (Å²) < 4.78 is 0. The number of hydrogen-bond donors (Lipinski definition) is 1. The lowest BCUT2D eigenvalue weighted by Crippen LogP contribution is -2.27. The minimum atomic E-state index is 0.284. The molecule has 3 aromatic rings. The van der Waals surface area contributed by atoms with Crippen LogP contribution in [0.3, 0.4) is 0 Å². The molecule has 25 heavy (non-hydrogen) atoms. The Labute approximate surface area is 151 Å². The molecular formula is C24H29N.